The standard InChI is InChI=1S/C34H24N2O/c35-19-18-24(22-36)11-10-23-12-14-25(15-13-23)27-16-17-30-32(20-27)37-33-21-31(26-6-2-1-3-7-26)28-8-4-5-9-29(28)34(30)33/h1-9,11-21H,10,35H2/b19-18-,24-11+. The number of nitrogens with two attached hydrogens (primary N) is 1. The summed E-state index contributed by atoms with van der Waals surface area (Å²) in [4.78, 5) is 0. The lowest BCUT2D eigenvalue weighted by molar-refractivity contribution is 0.669. The molecule has 0 aliphatic heterocycles. The van der Waals surface area contributed by atoms with Crippen molar-refractivity contribution in [3.05, 3.63) is 133 Å². The van der Waals surface area contributed by atoms with Crippen LogP contribution in [0.1, 0.15) is 5.56 Å². The van der Waals surface area contributed by atoms with Crippen molar-refractivity contribution in [2.24, 2.45) is 5.73 Å². The van der Waals surface area contributed by atoms with Crippen LogP contribution >= 0.6 is 0 Å². The average molecular weight is 477 g/mol. The van der Waals surface area contributed by atoms with Crippen LogP contribution in [-0.4, -0.2) is 0 Å². The lowest BCUT2D eigenvalue weighted by Gasteiger charge is -2.08. The number of hydrogen-bond acceptors (Lipinski definition) is 3. The second-order valence-corrected chi connectivity index (χ2v) is 9.05. The fourth-order valence-electron chi connectivity index (χ4n) is 4.99. The highest BCUT2D eigenvalue weighted by Crippen LogP contribution is 2.40. The Bertz CT molecular complexity index is 1850. The van der Waals surface area contributed by atoms with Gasteiger partial charge in [-0.3, -0.25) is 0 Å². The van der Waals surface area contributed by atoms with Crippen molar-refractivity contribution in [1.82, 2.24) is 0 Å². The van der Waals surface area contributed by atoms with Gasteiger partial charge < -0.3 is 10.2 Å². The maximum absolute atomic E-state index is 9.16. The smallest absolute Gasteiger partial charge is 0.136 e. The fourth-order valence-corrected chi connectivity index (χ4v) is 4.99. The molecular weight excluding hydrogens is 452 g/mol. The third-order valence-electron chi connectivity index (χ3n) is 6.81. The van der Waals surface area contributed by atoms with E-state index in [1.165, 1.54) is 28.1 Å². The van der Waals surface area contributed by atoms with Crippen LogP contribution < -0.4 is 5.73 Å². The van der Waals surface area contributed by atoms with Crippen LogP contribution in [0.25, 0.3) is 55.0 Å². The van der Waals surface area contributed by atoms with Gasteiger partial charge in [0.25, 0.3) is 0 Å². The maximum Gasteiger partial charge on any atom is 0.136 e. The third-order valence-corrected chi connectivity index (χ3v) is 6.81. The molecule has 1 aromatic heterocycles. The largest absolute Gasteiger partial charge is 0.456 e. The van der Waals surface area contributed by atoms with E-state index in [1.807, 2.05) is 12.1 Å². The molecule has 176 valence electrons. The molecule has 0 aliphatic carbocycles. The molecule has 3 nitrogen and oxygen atoms in total. The molecule has 0 aliphatic rings. The van der Waals surface area contributed by atoms with Crippen LogP contribution in [0.2, 0.25) is 0 Å². The number of hydrogen-bond donors (Lipinski definition) is 1. The Morgan fingerprint density at radius 1 is 0.730 bits per heavy atom. The molecular formula is C34H24N2O. The van der Waals surface area contributed by atoms with Crippen molar-refractivity contribution >= 4 is 32.7 Å². The number of nitrogens with zero attached hydrogens (tertiary/aromatic N) is 1. The molecule has 0 spiro atoms. The monoisotopic (exact) mass is 476 g/mol. The summed E-state index contributed by atoms with van der Waals surface area (Å²) < 4.78 is 6.45. The van der Waals surface area contributed by atoms with E-state index in [2.05, 4.69) is 103 Å². The van der Waals surface area contributed by atoms with Gasteiger partial charge in [-0.15, -0.1) is 0 Å². The van der Waals surface area contributed by atoms with Gasteiger partial charge in [-0.05, 0) is 75.5 Å². The van der Waals surface area contributed by atoms with Gasteiger partial charge in [0.2, 0.25) is 0 Å². The highest BCUT2D eigenvalue weighted by molar-refractivity contribution is 6.22. The number of nitriles is 1. The molecule has 5 aromatic carbocycles. The zero-order valence-electron chi connectivity index (χ0n) is 20.2. The van der Waals surface area contributed by atoms with Crippen LogP contribution in [0.4, 0.5) is 0 Å². The number of furan rings is 1. The van der Waals surface area contributed by atoms with E-state index in [4.69, 9.17) is 15.4 Å². The van der Waals surface area contributed by atoms with Gasteiger partial charge in [0.05, 0.1) is 6.07 Å². The van der Waals surface area contributed by atoms with Gasteiger partial charge in [-0.25, -0.2) is 0 Å². The molecule has 3 heteroatoms. The Morgan fingerprint density at radius 3 is 2.22 bits per heavy atom. The van der Waals surface area contributed by atoms with E-state index in [9.17, 15) is 0 Å². The number of allylic oxidation sites excluding steroid dienone is 3. The summed E-state index contributed by atoms with van der Waals surface area (Å²) in [6, 6.07) is 38.2. The van der Waals surface area contributed by atoms with Gasteiger partial charge in [0.1, 0.15) is 11.2 Å². The summed E-state index contributed by atoms with van der Waals surface area (Å²) in [6.45, 7) is 0. The van der Waals surface area contributed by atoms with Crippen molar-refractivity contribution in [2.75, 3.05) is 0 Å². The first kappa shape index (κ1) is 22.4. The van der Waals surface area contributed by atoms with E-state index < -0.39 is 0 Å². The molecule has 0 unspecified atom stereocenters. The zero-order valence-corrected chi connectivity index (χ0v) is 20.2. The Labute approximate surface area is 215 Å². The van der Waals surface area contributed by atoms with Gasteiger partial charge in [0, 0.05) is 16.3 Å². The number of rotatable bonds is 5. The normalized spacial score (nSPS) is 12.0. The van der Waals surface area contributed by atoms with Crippen molar-refractivity contribution < 1.29 is 4.42 Å². The number of benzene rings is 5. The Hall–Kier alpha value is -5.07. The topological polar surface area (TPSA) is 63.0 Å². The van der Waals surface area contributed by atoms with Crippen LogP contribution in [0, 0.1) is 11.3 Å². The first-order valence-corrected chi connectivity index (χ1v) is 12.3. The van der Waals surface area contributed by atoms with Gasteiger partial charge >= 0.3 is 0 Å². The molecule has 37 heavy (non-hydrogen) atoms. The predicted octanol–water partition coefficient (Wildman–Crippen LogP) is 8.54. The second-order valence-electron chi connectivity index (χ2n) is 9.05. The van der Waals surface area contributed by atoms with Crippen LogP contribution in [0.3, 0.4) is 0 Å². The summed E-state index contributed by atoms with van der Waals surface area (Å²) in [6.07, 6.45) is 5.56. The average Bonchev–Trinajstić information content (AvgIpc) is 3.33. The fraction of sp³-hybridized carbons (Fsp3) is 0.0294. The minimum absolute atomic E-state index is 0.560. The summed E-state index contributed by atoms with van der Waals surface area (Å²) in [5.41, 5.74) is 13.4. The molecule has 6 rings (SSSR count). The van der Waals surface area contributed by atoms with Crippen molar-refractivity contribution in [3.63, 3.8) is 0 Å². The molecule has 0 atom stereocenters. The van der Waals surface area contributed by atoms with Crippen molar-refractivity contribution in [3.8, 4) is 28.3 Å². The van der Waals surface area contributed by atoms with Crippen LogP contribution in [0.15, 0.2) is 131 Å². The summed E-state index contributed by atoms with van der Waals surface area (Å²) in [5, 5.41) is 13.9. The minimum atomic E-state index is 0.560. The molecule has 2 N–H and O–H groups in total. The first-order chi connectivity index (χ1) is 18.2. The SMILES string of the molecule is N#CC(/C=C\N)=C/Cc1ccc(-c2ccc3c(c2)oc2cc(-c4ccccc4)c4ccccc4c23)cc1. The van der Waals surface area contributed by atoms with Crippen molar-refractivity contribution in [1.29, 1.82) is 5.26 Å². The molecule has 0 amide bonds. The molecule has 6 aromatic rings. The van der Waals surface area contributed by atoms with Crippen LogP contribution in [-0.2, 0) is 6.42 Å². The van der Waals surface area contributed by atoms with Gasteiger partial charge in [0.15, 0.2) is 0 Å². The number of fused-ring (bicyclic) bond motifs is 5. The van der Waals surface area contributed by atoms with Gasteiger partial charge in [-0.2, -0.15) is 5.26 Å². The summed E-state index contributed by atoms with van der Waals surface area (Å²) in [5.74, 6) is 0. The first-order valence-electron chi connectivity index (χ1n) is 12.3. The quantitative estimate of drug-likeness (QED) is 0.200. The van der Waals surface area contributed by atoms with E-state index >= 15 is 0 Å². The maximum atomic E-state index is 9.16. The van der Waals surface area contributed by atoms with E-state index in [1.54, 1.807) is 6.08 Å². The molecule has 0 fully saturated rings. The second kappa shape index (κ2) is 9.53. The highest BCUT2D eigenvalue weighted by Gasteiger charge is 2.15. The Morgan fingerprint density at radius 2 is 1.46 bits per heavy atom. The molecule has 0 saturated carbocycles. The highest BCUT2D eigenvalue weighted by atomic mass is 16.3. The minimum Gasteiger partial charge on any atom is -0.456 e. The summed E-state index contributed by atoms with van der Waals surface area (Å²) >= 11 is 0. The summed E-state index contributed by atoms with van der Waals surface area (Å²) in [7, 11) is 0. The zero-order chi connectivity index (χ0) is 25.2. The lowest BCUT2D eigenvalue weighted by atomic mass is 9.94. The van der Waals surface area contributed by atoms with Crippen LogP contribution in [0.5, 0.6) is 0 Å². The Balaban J connectivity index is 1.41. The van der Waals surface area contributed by atoms with Crippen molar-refractivity contribution in [2.45, 2.75) is 6.42 Å². The Kier molecular flexibility index (Phi) is 5.77. The molecule has 1 heterocycles. The molecule has 0 bridgehead atoms. The van der Waals surface area contributed by atoms with E-state index in [0.717, 1.165) is 38.6 Å². The molecule has 0 radical (unpaired) electrons. The molecule has 0 saturated heterocycles. The van der Waals surface area contributed by atoms with Gasteiger partial charge in [-0.1, -0.05) is 91.0 Å². The van der Waals surface area contributed by atoms with E-state index in [0.29, 0.717) is 12.0 Å². The third kappa shape index (κ3) is 4.16. The van der Waals surface area contributed by atoms with E-state index in [-0.39, 0.29) is 0 Å². The lowest BCUT2D eigenvalue weighted by Crippen LogP contribution is -1.85. The predicted molar refractivity (Wildman–Crippen MR) is 153 cm³/mol.